The van der Waals surface area contributed by atoms with Crippen molar-refractivity contribution in [2.45, 2.75) is 20.4 Å². The van der Waals surface area contributed by atoms with Gasteiger partial charge in [0, 0.05) is 22.0 Å². The lowest BCUT2D eigenvalue weighted by atomic mass is 10.2. The second-order valence-corrected chi connectivity index (χ2v) is 7.93. The number of thiophene rings is 2. The number of nitrogens with one attached hydrogen (secondary N) is 1. The Labute approximate surface area is 163 Å². The molecule has 0 bridgehead atoms. The monoisotopic (exact) mass is 396 g/mol. The van der Waals surface area contributed by atoms with Gasteiger partial charge in [-0.3, -0.25) is 14.2 Å². The van der Waals surface area contributed by atoms with Gasteiger partial charge in [0.25, 0.3) is 5.56 Å². The van der Waals surface area contributed by atoms with E-state index in [-0.39, 0.29) is 18.0 Å². The number of carbonyl (C=O) groups excluding carboxylic acids is 1. The average molecular weight is 396 g/mol. The Morgan fingerprint density at radius 1 is 1.22 bits per heavy atom. The van der Waals surface area contributed by atoms with E-state index in [1.165, 1.54) is 15.9 Å². The van der Waals surface area contributed by atoms with E-state index in [1.54, 1.807) is 30.5 Å². The smallest absolute Gasteiger partial charge is 0.263 e. The molecule has 4 aromatic rings. The number of nitrogens with zero attached hydrogens (tertiary/aromatic N) is 3. The average Bonchev–Trinajstić information content (AvgIpc) is 3.30. The molecule has 4 rings (SSSR count). The maximum Gasteiger partial charge on any atom is 0.263 e. The highest BCUT2D eigenvalue weighted by molar-refractivity contribution is 7.18. The number of hydrogen-bond donors (Lipinski definition) is 1. The maximum absolute atomic E-state index is 13.1. The fourth-order valence-corrected chi connectivity index (χ4v) is 4.59. The number of anilines is 1. The third kappa shape index (κ3) is 3.41. The Bertz CT molecular complexity index is 1180. The Morgan fingerprint density at radius 2 is 2.07 bits per heavy atom. The molecule has 0 aliphatic heterocycles. The van der Waals surface area contributed by atoms with Crippen molar-refractivity contribution in [1.82, 2.24) is 14.5 Å². The molecule has 27 heavy (non-hydrogen) atoms. The molecule has 0 aliphatic carbocycles. The van der Waals surface area contributed by atoms with E-state index in [0.717, 1.165) is 16.0 Å². The predicted octanol–water partition coefficient (Wildman–Crippen LogP) is 3.84. The fourth-order valence-electron chi connectivity index (χ4n) is 2.79. The van der Waals surface area contributed by atoms with Crippen LogP contribution in [-0.2, 0) is 11.3 Å². The topological polar surface area (TPSA) is 76.9 Å². The summed E-state index contributed by atoms with van der Waals surface area (Å²) >= 11 is 3.02. The summed E-state index contributed by atoms with van der Waals surface area (Å²) in [6.07, 6.45) is 1.68. The van der Waals surface area contributed by atoms with Crippen molar-refractivity contribution in [3.8, 4) is 10.4 Å². The number of aryl methyl sites for hydroxylation is 2. The molecule has 4 aromatic heterocycles. The molecule has 6 nitrogen and oxygen atoms in total. The summed E-state index contributed by atoms with van der Waals surface area (Å²) in [6.45, 7) is 3.56. The molecular formula is C19H16N4O2S2. The second-order valence-electron chi connectivity index (χ2n) is 6.13. The van der Waals surface area contributed by atoms with Crippen LogP contribution in [0.4, 0.5) is 5.82 Å². The van der Waals surface area contributed by atoms with Crippen LogP contribution in [0, 0.1) is 13.8 Å². The third-order valence-electron chi connectivity index (χ3n) is 4.15. The van der Waals surface area contributed by atoms with Crippen molar-refractivity contribution in [2.75, 3.05) is 5.32 Å². The van der Waals surface area contributed by atoms with Gasteiger partial charge < -0.3 is 5.32 Å². The molecule has 8 heteroatoms. The van der Waals surface area contributed by atoms with Crippen LogP contribution in [0.25, 0.3) is 20.7 Å². The first-order valence-electron chi connectivity index (χ1n) is 8.28. The summed E-state index contributed by atoms with van der Waals surface area (Å²) < 4.78 is 1.41. The quantitative estimate of drug-likeness (QED) is 0.569. The van der Waals surface area contributed by atoms with Crippen LogP contribution in [0.3, 0.4) is 0 Å². The van der Waals surface area contributed by atoms with Crippen molar-refractivity contribution in [3.63, 3.8) is 0 Å². The molecular weight excluding hydrogens is 380 g/mol. The summed E-state index contributed by atoms with van der Waals surface area (Å²) in [6, 6.07) is 7.53. The molecule has 1 amide bonds. The van der Waals surface area contributed by atoms with E-state index in [4.69, 9.17) is 0 Å². The zero-order valence-electron chi connectivity index (χ0n) is 14.7. The number of carbonyl (C=O) groups is 1. The van der Waals surface area contributed by atoms with Crippen molar-refractivity contribution in [2.24, 2.45) is 0 Å². The lowest BCUT2D eigenvalue weighted by Gasteiger charge is -2.10. The Morgan fingerprint density at radius 3 is 2.78 bits per heavy atom. The Hall–Kier alpha value is -2.84. The van der Waals surface area contributed by atoms with Crippen LogP contribution in [0.5, 0.6) is 0 Å². The van der Waals surface area contributed by atoms with E-state index in [2.05, 4.69) is 15.3 Å². The van der Waals surface area contributed by atoms with Gasteiger partial charge in [-0.1, -0.05) is 12.1 Å². The van der Waals surface area contributed by atoms with Gasteiger partial charge in [0.05, 0.1) is 5.39 Å². The molecule has 0 atom stereocenters. The van der Waals surface area contributed by atoms with Gasteiger partial charge in [-0.05, 0) is 36.9 Å². The highest BCUT2D eigenvalue weighted by atomic mass is 32.1. The van der Waals surface area contributed by atoms with E-state index < -0.39 is 0 Å². The first-order chi connectivity index (χ1) is 13.0. The molecule has 0 saturated heterocycles. The van der Waals surface area contributed by atoms with E-state index >= 15 is 0 Å². The summed E-state index contributed by atoms with van der Waals surface area (Å²) in [5.41, 5.74) is 1.68. The zero-order valence-corrected chi connectivity index (χ0v) is 16.4. The van der Waals surface area contributed by atoms with E-state index in [9.17, 15) is 9.59 Å². The second kappa shape index (κ2) is 7.05. The third-order valence-corrected chi connectivity index (χ3v) is 5.93. The molecule has 136 valence electrons. The van der Waals surface area contributed by atoms with Crippen LogP contribution in [-0.4, -0.2) is 20.4 Å². The largest absolute Gasteiger partial charge is 0.309 e. The molecule has 1 N–H and O–H groups in total. The van der Waals surface area contributed by atoms with Crippen LogP contribution in [0.2, 0.25) is 0 Å². The number of aromatic nitrogens is 3. The first-order valence-corrected chi connectivity index (χ1v) is 10.0. The van der Waals surface area contributed by atoms with Gasteiger partial charge in [0.2, 0.25) is 5.91 Å². The number of pyridine rings is 1. The molecule has 0 unspecified atom stereocenters. The van der Waals surface area contributed by atoms with Crippen LogP contribution >= 0.6 is 22.7 Å². The first kappa shape index (κ1) is 17.6. The van der Waals surface area contributed by atoms with Gasteiger partial charge in [0.1, 0.15) is 23.0 Å². The lowest BCUT2D eigenvalue weighted by Crippen LogP contribution is -2.30. The van der Waals surface area contributed by atoms with Gasteiger partial charge >= 0.3 is 0 Å². The van der Waals surface area contributed by atoms with Crippen LogP contribution in [0.15, 0.2) is 46.0 Å². The van der Waals surface area contributed by atoms with Gasteiger partial charge in [-0.2, -0.15) is 0 Å². The van der Waals surface area contributed by atoms with Crippen molar-refractivity contribution < 1.29 is 4.79 Å². The van der Waals surface area contributed by atoms with Gasteiger partial charge in [-0.15, -0.1) is 22.7 Å². The maximum atomic E-state index is 13.1. The number of hydrogen-bond acceptors (Lipinski definition) is 6. The Kier molecular flexibility index (Phi) is 4.59. The molecule has 0 aliphatic rings. The summed E-state index contributed by atoms with van der Waals surface area (Å²) in [5.74, 6) is 0.657. The van der Waals surface area contributed by atoms with Crippen molar-refractivity contribution in [3.05, 3.63) is 63.0 Å². The SMILES string of the molecule is Cc1ccc(NC(=O)Cn2c(C)nc3scc(-c4cccs4)c3c2=O)nc1. The summed E-state index contributed by atoms with van der Waals surface area (Å²) in [7, 11) is 0. The molecule has 0 radical (unpaired) electrons. The lowest BCUT2D eigenvalue weighted by molar-refractivity contribution is -0.116. The number of fused-ring (bicyclic) bond motifs is 1. The standard InChI is InChI=1S/C19H16N4O2S2/c1-11-5-6-15(20-8-11)22-16(24)9-23-12(2)21-18-17(19(23)25)13(10-27-18)14-4-3-7-26-14/h3-8,10H,9H2,1-2H3,(H,20,22,24). The minimum atomic E-state index is -0.314. The van der Waals surface area contributed by atoms with Gasteiger partial charge in [0.15, 0.2) is 0 Å². The molecule has 4 heterocycles. The number of amides is 1. The van der Waals surface area contributed by atoms with E-state index in [0.29, 0.717) is 21.9 Å². The zero-order chi connectivity index (χ0) is 19.0. The molecule has 0 spiro atoms. The minimum Gasteiger partial charge on any atom is -0.309 e. The predicted molar refractivity (Wildman–Crippen MR) is 110 cm³/mol. The number of rotatable bonds is 4. The molecule has 0 saturated carbocycles. The van der Waals surface area contributed by atoms with Crippen LogP contribution in [0.1, 0.15) is 11.4 Å². The van der Waals surface area contributed by atoms with E-state index in [1.807, 2.05) is 35.9 Å². The molecule has 0 fully saturated rings. The molecule has 0 aromatic carbocycles. The highest BCUT2D eigenvalue weighted by Gasteiger charge is 2.17. The van der Waals surface area contributed by atoms with Crippen molar-refractivity contribution >= 4 is 44.6 Å². The highest BCUT2D eigenvalue weighted by Crippen LogP contribution is 2.33. The fraction of sp³-hybridized carbons (Fsp3) is 0.158. The van der Waals surface area contributed by atoms with Crippen LogP contribution < -0.4 is 10.9 Å². The summed E-state index contributed by atoms with van der Waals surface area (Å²) in [4.78, 5) is 35.9. The van der Waals surface area contributed by atoms with Gasteiger partial charge in [-0.25, -0.2) is 9.97 Å². The minimum absolute atomic E-state index is 0.108. The summed E-state index contributed by atoms with van der Waals surface area (Å²) in [5, 5.41) is 7.21. The Balaban J connectivity index is 1.69. The van der Waals surface area contributed by atoms with Crippen molar-refractivity contribution in [1.29, 1.82) is 0 Å². The normalized spacial score (nSPS) is 11.0.